The molecule has 5 nitrogen and oxygen atoms in total. The highest BCUT2D eigenvalue weighted by Gasteiger charge is 2.42. The van der Waals surface area contributed by atoms with E-state index < -0.39 is 0 Å². The summed E-state index contributed by atoms with van der Waals surface area (Å²) in [5.41, 5.74) is 7.31. The summed E-state index contributed by atoms with van der Waals surface area (Å²) in [5.74, 6) is 1.62. The predicted molar refractivity (Wildman–Crippen MR) is 76.8 cm³/mol. The lowest BCUT2D eigenvalue weighted by Crippen LogP contribution is -2.19. The van der Waals surface area contributed by atoms with Crippen LogP contribution in [0.25, 0.3) is 11.4 Å². The largest absolute Gasteiger partial charge is 0.399 e. The van der Waals surface area contributed by atoms with E-state index in [0.717, 1.165) is 12.3 Å². The van der Waals surface area contributed by atoms with Gasteiger partial charge < -0.3 is 5.73 Å². The van der Waals surface area contributed by atoms with E-state index in [2.05, 4.69) is 15.5 Å². The molecule has 110 valence electrons. The smallest absolute Gasteiger partial charge is 0.185 e. The molecule has 6 heteroatoms. The number of hydrogen-bond acceptors (Lipinski definition) is 4. The SMILES string of the molecule is Cc1cc(N)cc(-c2nnnn2C2CC3CCC2C3)c1F. The average molecular weight is 287 g/mol. The lowest BCUT2D eigenvalue weighted by molar-refractivity contribution is 0.304. The van der Waals surface area contributed by atoms with E-state index in [1.165, 1.54) is 19.3 Å². The van der Waals surface area contributed by atoms with Crippen molar-refractivity contribution in [2.24, 2.45) is 11.8 Å². The molecule has 0 aliphatic heterocycles. The number of tetrazole rings is 1. The first-order chi connectivity index (χ1) is 10.1. The zero-order valence-corrected chi connectivity index (χ0v) is 12.0. The normalized spacial score (nSPS) is 27.4. The van der Waals surface area contributed by atoms with Gasteiger partial charge in [0.2, 0.25) is 0 Å². The Labute approximate surface area is 122 Å². The molecular formula is C15H18FN5. The number of benzene rings is 1. The van der Waals surface area contributed by atoms with Crippen molar-refractivity contribution in [3.63, 3.8) is 0 Å². The summed E-state index contributed by atoms with van der Waals surface area (Å²) in [4.78, 5) is 0. The van der Waals surface area contributed by atoms with Crippen molar-refractivity contribution in [1.29, 1.82) is 0 Å². The molecule has 2 N–H and O–H groups in total. The van der Waals surface area contributed by atoms with Gasteiger partial charge in [0.25, 0.3) is 0 Å². The van der Waals surface area contributed by atoms with Gasteiger partial charge in [-0.25, -0.2) is 9.07 Å². The number of anilines is 1. The summed E-state index contributed by atoms with van der Waals surface area (Å²) in [7, 11) is 0. The van der Waals surface area contributed by atoms with Crippen molar-refractivity contribution in [2.75, 3.05) is 5.73 Å². The fourth-order valence-corrected chi connectivity index (χ4v) is 4.07. The quantitative estimate of drug-likeness (QED) is 0.862. The van der Waals surface area contributed by atoms with Crippen LogP contribution < -0.4 is 5.73 Å². The van der Waals surface area contributed by atoms with Crippen LogP contribution in [0.1, 0.15) is 37.3 Å². The van der Waals surface area contributed by atoms with Crippen LogP contribution in [-0.2, 0) is 0 Å². The predicted octanol–water partition coefficient (Wildman–Crippen LogP) is 2.73. The molecule has 4 rings (SSSR count). The first-order valence-corrected chi connectivity index (χ1v) is 7.47. The molecule has 3 atom stereocenters. The van der Waals surface area contributed by atoms with Crippen molar-refractivity contribution in [2.45, 2.75) is 38.6 Å². The number of fused-ring (bicyclic) bond motifs is 2. The molecule has 1 heterocycles. The van der Waals surface area contributed by atoms with Crippen LogP contribution in [0.4, 0.5) is 10.1 Å². The Balaban J connectivity index is 1.79. The fraction of sp³-hybridized carbons (Fsp3) is 0.533. The Kier molecular flexibility index (Phi) is 2.74. The molecular weight excluding hydrogens is 269 g/mol. The molecule has 0 spiro atoms. The second-order valence-corrected chi connectivity index (χ2v) is 6.39. The van der Waals surface area contributed by atoms with Gasteiger partial charge >= 0.3 is 0 Å². The molecule has 1 aromatic heterocycles. The van der Waals surface area contributed by atoms with Crippen molar-refractivity contribution >= 4 is 5.69 Å². The number of halogens is 1. The van der Waals surface area contributed by atoms with E-state index in [1.54, 1.807) is 19.1 Å². The van der Waals surface area contributed by atoms with Gasteiger partial charge in [0.05, 0.1) is 11.6 Å². The van der Waals surface area contributed by atoms with Crippen molar-refractivity contribution in [3.05, 3.63) is 23.5 Å². The lowest BCUT2D eigenvalue weighted by Gasteiger charge is -2.22. The zero-order valence-electron chi connectivity index (χ0n) is 12.0. The Morgan fingerprint density at radius 3 is 2.86 bits per heavy atom. The molecule has 2 aliphatic rings. The maximum atomic E-state index is 14.4. The average Bonchev–Trinajstić information content (AvgIpc) is 3.17. The van der Waals surface area contributed by atoms with Gasteiger partial charge in [-0.05, 0) is 66.1 Å². The fourth-order valence-electron chi connectivity index (χ4n) is 4.07. The number of hydrogen-bond donors (Lipinski definition) is 1. The van der Waals surface area contributed by atoms with E-state index in [0.29, 0.717) is 34.6 Å². The first-order valence-electron chi connectivity index (χ1n) is 7.47. The molecule has 1 aromatic carbocycles. The Morgan fingerprint density at radius 1 is 1.29 bits per heavy atom. The Morgan fingerprint density at radius 2 is 2.14 bits per heavy atom. The molecule has 21 heavy (non-hydrogen) atoms. The lowest BCUT2D eigenvalue weighted by atomic mass is 9.95. The maximum absolute atomic E-state index is 14.4. The van der Waals surface area contributed by atoms with E-state index in [4.69, 9.17) is 5.73 Å². The van der Waals surface area contributed by atoms with Gasteiger partial charge in [-0.3, -0.25) is 0 Å². The van der Waals surface area contributed by atoms with Crippen LogP contribution in [-0.4, -0.2) is 20.2 Å². The first kappa shape index (κ1) is 12.7. The minimum absolute atomic E-state index is 0.289. The van der Waals surface area contributed by atoms with Crippen LogP contribution in [0.5, 0.6) is 0 Å². The molecule has 2 saturated carbocycles. The maximum Gasteiger partial charge on any atom is 0.185 e. The van der Waals surface area contributed by atoms with Gasteiger partial charge in [-0.15, -0.1) is 5.10 Å². The van der Waals surface area contributed by atoms with E-state index >= 15 is 0 Å². The van der Waals surface area contributed by atoms with Gasteiger partial charge in [0.1, 0.15) is 5.82 Å². The summed E-state index contributed by atoms with van der Waals surface area (Å²) in [6.45, 7) is 1.71. The summed E-state index contributed by atoms with van der Waals surface area (Å²) >= 11 is 0. The monoisotopic (exact) mass is 287 g/mol. The van der Waals surface area contributed by atoms with Crippen LogP contribution in [0.15, 0.2) is 12.1 Å². The van der Waals surface area contributed by atoms with Crippen LogP contribution in [0, 0.1) is 24.6 Å². The minimum Gasteiger partial charge on any atom is -0.399 e. The molecule has 3 unspecified atom stereocenters. The molecule has 2 fully saturated rings. The topological polar surface area (TPSA) is 69.6 Å². The standard InChI is InChI=1S/C15H18FN5/c1-8-4-11(17)7-12(14(8)16)15-18-19-20-21(15)13-6-9-2-3-10(13)5-9/h4,7,9-10,13H,2-3,5-6,17H2,1H3. The second kappa shape index (κ2) is 4.51. The summed E-state index contributed by atoms with van der Waals surface area (Å²) in [5, 5.41) is 12.0. The number of nitrogens with two attached hydrogens (primary N) is 1. The highest BCUT2D eigenvalue weighted by molar-refractivity contribution is 5.63. The number of nitrogens with zero attached hydrogens (tertiary/aromatic N) is 4. The molecule has 0 amide bonds. The molecule has 2 aromatic rings. The Hall–Kier alpha value is -1.98. The highest BCUT2D eigenvalue weighted by Crippen LogP contribution is 2.51. The third-order valence-electron chi connectivity index (χ3n) is 5.03. The summed E-state index contributed by atoms with van der Waals surface area (Å²) < 4.78 is 16.3. The Bertz CT molecular complexity index is 695. The van der Waals surface area contributed by atoms with Crippen LogP contribution in [0.2, 0.25) is 0 Å². The molecule has 0 saturated heterocycles. The van der Waals surface area contributed by atoms with E-state index in [1.807, 2.05) is 4.68 Å². The number of nitrogen functional groups attached to an aromatic ring is 1. The van der Waals surface area contributed by atoms with Gasteiger partial charge in [0.15, 0.2) is 5.82 Å². The third kappa shape index (κ3) is 1.92. The molecule has 2 bridgehead atoms. The van der Waals surface area contributed by atoms with E-state index in [-0.39, 0.29) is 5.82 Å². The second-order valence-electron chi connectivity index (χ2n) is 6.39. The van der Waals surface area contributed by atoms with Gasteiger partial charge in [0, 0.05) is 5.69 Å². The van der Waals surface area contributed by atoms with Crippen LogP contribution >= 0.6 is 0 Å². The van der Waals surface area contributed by atoms with E-state index in [9.17, 15) is 4.39 Å². The molecule has 2 aliphatic carbocycles. The highest BCUT2D eigenvalue weighted by atomic mass is 19.1. The number of aromatic nitrogens is 4. The number of rotatable bonds is 2. The van der Waals surface area contributed by atoms with Gasteiger partial charge in [-0.1, -0.05) is 6.42 Å². The summed E-state index contributed by atoms with van der Waals surface area (Å²) in [6, 6.07) is 3.55. The van der Waals surface area contributed by atoms with Crippen LogP contribution in [0.3, 0.4) is 0 Å². The zero-order chi connectivity index (χ0) is 14.6. The minimum atomic E-state index is -0.289. The third-order valence-corrected chi connectivity index (χ3v) is 5.03. The summed E-state index contributed by atoms with van der Waals surface area (Å²) in [6.07, 6.45) is 4.89. The van der Waals surface area contributed by atoms with Crippen molar-refractivity contribution in [3.8, 4) is 11.4 Å². The van der Waals surface area contributed by atoms with Crippen molar-refractivity contribution < 1.29 is 4.39 Å². The molecule has 0 radical (unpaired) electrons. The number of aryl methyl sites for hydroxylation is 1. The van der Waals surface area contributed by atoms with Gasteiger partial charge in [-0.2, -0.15) is 0 Å². The van der Waals surface area contributed by atoms with Crippen molar-refractivity contribution in [1.82, 2.24) is 20.2 Å².